The molecule has 0 atom stereocenters. The summed E-state index contributed by atoms with van der Waals surface area (Å²) in [6.07, 6.45) is -3.09. The third-order valence-electron chi connectivity index (χ3n) is 1.82. The predicted octanol–water partition coefficient (Wildman–Crippen LogP) is 3.95. The normalized spacial score (nSPS) is 14.5. The van der Waals surface area contributed by atoms with E-state index in [1.807, 2.05) is 0 Å². The van der Waals surface area contributed by atoms with Crippen LogP contribution >= 0.6 is 35.8 Å². The Morgan fingerprint density at radius 1 is 1.06 bits per heavy atom. The molecule has 0 aliphatic heterocycles. The molecule has 0 bridgehead atoms. The second kappa shape index (κ2) is 8.29. The summed E-state index contributed by atoms with van der Waals surface area (Å²) in [6, 6.07) is 0. The van der Waals surface area contributed by atoms with Gasteiger partial charge in [0, 0.05) is 11.2 Å². The molecular weight excluding hydrogens is 309 g/mol. The molecule has 0 saturated heterocycles. The van der Waals surface area contributed by atoms with Crippen LogP contribution in [0, 0.1) is 0 Å². The van der Waals surface area contributed by atoms with Gasteiger partial charge in [0.2, 0.25) is 0 Å². The Balaban J connectivity index is 0. The van der Waals surface area contributed by atoms with Crippen LogP contribution in [0.3, 0.4) is 0 Å². The van der Waals surface area contributed by atoms with E-state index in [1.165, 1.54) is 0 Å². The summed E-state index contributed by atoms with van der Waals surface area (Å²) in [4.78, 5) is 18.1. The van der Waals surface area contributed by atoms with Crippen LogP contribution in [0.1, 0.15) is 27.7 Å². The van der Waals surface area contributed by atoms with E-state index >= 15 is 0 Å². The van der Waals surface area contributed by atoms with Gasteiger partial charge in [-0.05, 0) is 13.8 Å². The van der Waals surface area contributed by atoms with E-state index in [0.717, 1.165) is 0 Å². The molecule has 5 nitrogen and oxygen atoms in total. The summed E-state index contributed by atoms with van der Waals surface area (Å²) in [7, 11) is 0. The van der Waals surface area contributed by atoms with E-state index in [2.05, 4.69) is 9.05 Å². The zero-order chi connectivity index (χ0) is 14.2. The molecule has 9 heteroatoms. The van der Waals surface area contributed by atoms with Crippen LogP contribution in [0.2, 0.25) is 0 Å². The summed E-state index contributed by atoms with van der Waals surface area (Å²) < 4.78 is 19.9. The fourth-order valence-electron chi connectivity index (χ4n) is 0.569. The average Bonchev–Trinajstić information content (AvgIpc) is 2.18. The van der Waals surface area contributed by atoms with Crippen molar-refractivity contribution in [3.8, 4) is 0 Å². The topological polar surface area (TPSA) is 76.0 Å². The molecule has 17 heavy (non-hydrogen) atoms. The molecule has 0 fully saturated rings. The Morgan fingerprint density at radius 3 is 1.47 bits per heavy atom. The van der Waals surface area contributed by atoms with Crippen molar-refractivity contribution in [3.63, 3.8) is 0 Å². The standard InChI is InChI=1S/C4H10ClO3P.C4H12ClO2P/c1-3-7-9(5,6)8-4-2;1-3-8(5,6,7)4-2/h3-4H2,1-2H3;6-7H,3-4H2,1-2H3. The van der Waals surface area contributed by atoms with Crippen molar-refractivity contribution >= 4 is 35.8 Å². The van der Waals surface area contributed by atoms with Gasteiger partial charge < -0.3 is 0 Å². The summed E-state index contributed by atoms with van der Waals surface area (Å²) in [5.74, 6) is 0. The quantitative estimate of drug-likeness (QED) is 0.721. The molecule has 0 aliphatic rings. The van der Waals surface area contributed by atoms with E-state index < -0.39 is 13.4 Å². The van der Waals surface area contributed by atoms with E-state index in [1.54, 1.807) is 27.7 Å². The van der Waals surface area contributed by atoms with Crippen LogP contribution < -0.4 is 0 Å². The molecule has 0 aromatic rings. The molecule has 0 unspecified atom stereocenters. The summed E-state index contributed by atoms with van der Waals surface area (Å²) >= 11 is 10.6. The van der Waals surface area contributed by atoms with Crippen LogP contribution in [0.5, 0.6) is 0 Å². The first-order chi connectivity index (χ1) is 7.51. The van der Waals surface area contributed by atoms with E-state index in [0.29, 0.717) is 13.2 Å². The van der Waals surface area contributed by atoms with Crippen LogP contribution in [0.4, 0.5) is 0 Å². The van der Waals surface area contributed by atoms with Gasteiger partial charge in [0.15, 0.2) is 0 Å². The Labute approximate surface area is 113 Å². The second-order valence-corrected chi connectivity index (χ2v) is 11.9. The van der Waals surface area contributed by atoms with Gasteiger partial charge >= 0.3 is 60.6 Å². The average molecular weight is 331 g/mol. The van der Waals surface area contributed by atoms with Crippen molar-refractivity contribution in [2.24, 2.45) is 0 Å². The monoisotopic (exact) mass is 330 g/mol. The maximum absolute atomic E-state index is 10.7. The molecule has 0 radical (unpaired) electrons. The Bertz CT molecular complexity index is 236. The molecule has 0 aromatic carbocycles. The van der Waals surface area contributed by atoms with Gasteiger partial charge in [-0.3, -0.25) is 9.05 Å². The van der Waals surface area contributed by atoms with Crippen molar-refractivity contribution < 1.29 is 23.4 Å². The van der Waals surface area contributed by atoms with Gasteiger partial charge in [-0.2, -0.15) is 0 Å². The molecule has 0 aromatic heterocycles. The van der Waals surface area contributed by atoms with Crippen molar-refractivity contribution in [3.05, 3.63) is 0 Å². The van der Waals surface area contributed by atoms with E-state index in [9.17, 15) is 4.57 Å². The molecule has 0 spiro atoms. The van der Waals surface area contributed by atoms with Crippen LogP contribution in [-0.4, -0.2) is 35.3 Å². The van der Waals surface area contributed by atoms with Crippen LogP contribution in [-0.2, 0) is 13.6 Å². The molecule has 0 saturated carbocycles. The molecule has 0 amide bonds. The molecule has 0 aliphatic carbocycles. The first-order valence-electron chi connectivity index (χ1n) is 5.32. The van der Waals surface area contributed by atoms with Gasteiger partial charge in [-0.15, -0.1) is 0 Å². The van der Waals surface area contributed by atoms with E-state index in [4.69, 9.17) is 32.3 Å². The van der Waals surface area contributed by atoms with Crippen LogP contribution in [0.25, 0.3) is 0 Å². The summed E-state index contributed by atoms with van der Waals surface area (Å²) in [5, 5.41) is 0. The SMILES string of the molecule is CCOP(=O)(Cl)OCC.CCP(O)(O)(Cl)CC. The Hall–Kier alpha value is 1.08. The van der Waals surface area contributed by atoms with Crippen molar-refractivity contribution in [2.45, 2.75) is 27.7 Å². The van der Waals surface area contributed by atoms with Crippen molar-refractivity contribution in [1.82, 2.24) is 0 Å². The number of rotatable bonds is 6. The molecule has 0 heterocycles. The van der Waals surface area contributed by atoms with Gasteiger partial charge in [0.05, 0.1) is 13.2 Å². The minimum absolute atomic E-state index is 0.268. The van der Waals surface area contributed by atoms with Gasteiger partial charge in [-0.1, -0.05) is 0 Å². The number of hydrogen-bond acceptors (Lipinski definition) is 5. The first kappa shape index (κ1) is 20.4. The minimum atomic E-state index is -3.63. The second-order valence-electron chi connectivity index (χ2n) is 3.17. The van der Waals surface area contributed by atoms with Crippen LogP contribution in [0.15, 0.2) is 0 Å². The molecule has 2 N–H and O–H groups in total. The summed E-state index contributed by atoms with van der Waals surface area (Å²) in [5.41, 5.74) is 0. The Morgan fingerprint density at radius 2 is 1.35 bits per heavy atom. The third-order valence-corrected chi connectivity index (χ3v) is 7.48. The van der Waals surface area contributed by atoms with E-state index in [-0.39, 0.29) is 12.3 Å². The predicted molar refractivity (Wildman–Crippen MR) is 75.0 cm³/mol. The third kappa shape index (κ3) is 13.3. The zero-order valence-electron chi connectivity index (χ0n) is 10.6. The molecular formula is C8H22Cl2O5P2. The van der Waals surface area contributed by atoms with Crippen molar-refractivity contribution in [1.29, 1.82) is 0 Å². The fourth-order valence-corrected chi connectivity index (χ4v) is 2.29. The Kier molecular flexibility index (Phi) is 9.95. The van der Waals surface area contributed by atoms with Gasteiger partial charge in [0.1, 0.15) is 0 Å². The van der Waals surface area contributed by atoms with Gasteiger partial charge in [-0.25, -0.2) is 4.57 Å². The molecule has 0 rings (SSSR count). The number of hydrogen-bond donors (Lipinski definition) is 2. The number of halogens is 2. The van der Waals surface area contributed by atoms with Gasteiger partial charge in [0.25, 0.3) is 0 Å². The maximum atomic E-state index is 10.7. The molecule has 108 valence electrons. The zero-order valence-corrected chi connectivity index (χ0v) is 13.9. The summed E-state index contributed by atoms with van der Waals surface area (Å²) in [6.45, 7) is 4.15. The fraction of sp³-hybridized carbons (Fsp3) is 1.00. The first-order valence-corrected chi connectivity index (χ1v) is 11.2. The van der Waals surface area contributed by atoms with Crippen molar-refractivity contribution in [2.75, 3.05) is 25.5 Å².